The summed E-state index contributed by atoms with van der Waals surface area (Å²) in [7, 11) is 2.16. The lowest BCUT2D eigenvalue weighted by molar-refractivity contribution is 0.100. The van der Waals surface area contributed by atoms with Gasteiger partial charge in [0.2, 0.25) is 5.91 Å². The zero-order chi connectivity index (χ0) is 18.3. The van der Waals surface area contributed by atoms with Crippen molar-refractivity contribution < 1.29 is 4.79 Å². The SMILES string of the molecule is Cc1cc(N2CCN(C)CC2)cc2[nH]c(-c3ccc(C(N)=O)cc3)nc12. The molecule has 3 N–H and O–H groups in total. The number of benzene rings is 2. The topological polar surface area (TPSA) is 78.2 Å². The number of H-pyrrole nitrogens is 1. The van der Waals surface area contributed by atoms with Gasteiger partial charge in [-0.15, -0.1) is 0 Å². The number of anilines is 1. The average Bonchev–Trinajstić information content (AvgIpc) is 3.07. The quantitative estimate of drug-likeness (QED) is 0.761. The third-order valence-electron chi connectivity index (χ3n) is 5.07. The highest BCUT2D eigenvalue weighted by Crippen LogP contribution is 2.28. The van der Waals surface area contributed by atoms with E-state index in [1.165, 1.54) is 5.69 Å². The maximum atomic E-state index is 11.2. The molecular formula is C20H23N5O. The number of aromatic amines is 1. The number of aryl methyl sites for hydroxylation is 1. The summed E-state index contributed by atoms with van der Waals surface area (Å²) >= 11 is 0. The molecule has 0 unspecified atom stereocenters. The van der Waals surface area contributed by atoms with E-state index in [9.17, 15) is 4.79 Å². The van der Waals surface area contributed by atoms with Gasteiger partial charge in [0.1, 0.15) is 5.82 Å². The van der Waals surface area contributed by atoms with Crippen LogP contribution in [0.2, 0.25) is 0 Å². The Hall–Kier alpha value is -2.86. The van der Waals surface area contributed by atoms with Crippen molar-refractivity contribution >= 4 is 22.6 Å². The van der Waals surface area contributed by atoms with Gasteiger partial charge < -0.3 is 20.5 Å². The van der Waals surface area contributed by atoms with Crippen molar-refractivity contribution in [2.45, 2.75) is 6.92 Å². The van der Waals surface area contributed by atoms with Gasteiger partial charge in [-0.3, -0.25) is 4.79 Å². The van der Waals surface area contributed by atoms with Crippen LogP contribution >= 0.6 is 0 Å². The second-order valence-corrected chi connectivity index (χ2v) is 6.98. The Morgan fingerprint density at radius 2 is 1.81 bits per heavy atom. The number of primary amides is 1. The number of nitrogens with zero attached hydrogens (tertiary/aromatic N) is 3. The van der Waals surface area contributed by atoms with Crippen molar-refractivity contribution in [3.63, 3.8) is 0 Å². The van der Waals surface area contributed by atoms with Crippen LogP contribution in [0.1, 0.15) is 15.9 Å². The molecule has 1 aliphatic rings. The Labute approximate surface area is 152 Å². The van der Waals surface area contributed by atoms with Gasteiger partial charge in [-0.05, 0) is 43.8 Å². The molecule has 6 heteroatoms. The number of carbonyl (C=O) groups is 1. The third kappa shape index (κ3) is 3.04. The number of rotatable bonds is 3. The molecule has 0 bridgehead atoms. The maximum Gasteiger partial charge on any atom is 0.248 e. The van der Waals surface area contributed by atoms with Crippen molar-refractivity contribution in [2.24, 2.45) is 5.73 Å². The molecule has 1 aromatic heterocycles. The number of piperazine rings is 1. The molecular weight excluding hydrogens is 326 g/mol. The summed E-state index contributed by atoms with van der Waals surface area (Å²) < 4.78 is 0. The zero-order valence-corrected chi connectivity index (χ0v) is 15.1. The van der Waals surface area contributed by atoms with Crippen molar-refractivity contribution in [2.75, 3.05) is 38.1 Å². The summed E-state index contributed by atoms with van der Waals surface area (Å²) in [5.41, 5.74) is 11.2. The summed E-state index contributed by atoms with van der Waals surface area (Å²) in [6.45, 7) is 6.34. The molecule has 2 heterocycles. The number of hydrogen-bond donors (Lipinski definition) is 2. The number of nitrogens with two attached hydrogens (primary N) is 1. The number of hydrogen-bond acceptors (Lipinski definition) is 4. The van der Waals surface area contributed by atoms with Gasteiger partial charge in [0.05, 0.1) is 11.0 Å². The van der Waals surface area contributed by atoms with Gasteiger partial charge in [-0.2, -0.15) is 0 Å². The predicted octanol–water partition coefficient (Wildman–Crippen LogP) is 2.39. The van der Waals surface area contributed by atoms with Crippen LogP contribution in [0, 0.1) is 6.92 Å². The summed E-state index contributed by atoms with van der Waals surface area (Å²) in [6.07, 6.45) is 0. The van der Waals surface area contributed by atoms with Crippen LogP contribution in [0.4, 0.5) is 5.69 Å². The predicted molar refractivity (Wildman–Crippen MR) is 104 cm³/mol. The molecule has 2 aromatic carbocycles. The minimum absolute atomic E-state index is 0.422. The van der Waals surface area contributed by atoms with Crippen molar-refractivity contribution in [3.8, 4) is 11.4 Å². The average molecular weight is 349 g/mol. The van der Waals surface area contributed by atoms with Crippen LogP contribution in [0.5, 0.6) is 0 Å². The molecule has 1 saturated heterocycles. The lowest BCUT2D eigenvalue weighted by atomic mass is 10.1. The highest BCUT2D eigenvalue weighted by atomic mass is 16.1. The normalized spacial score (nSPS) is 15.5. The van der Waals surface area contributed by atoms with Crippen molar-refractivity contribution in [1.29, 1.82) is 0 Å². The van der Waals surface area contributed by atoms with Gasteiger partial charge >= 0.3 is 0 Å². The van der Waals surface area contributed by atoms with Crippen LogP contribution in [-0.2, 0) is 0 Å². The Morgan fingerprint density at radius 3 is 2.46 bits per heavy atom. The first-order valence-electron chi connectivity index (χ1n) is 8.85. The first-order valence-corrected chi connectivity index (χ1v) is 8.85. The van der Waals surface area contributed by atoms with E-state index in [0.717, 1.165) is 54.2 Å². The smallest absolute Gasteiger partial charge is 0.248 e. The first-order chi connectivity index (χ1) is 12.5. The van der Waals surface area contributed by atoms with E-state index in [4.69, 9.17) is 10.7 Å². The standard InChI is InChI=1S/C20H23N5O/c1-13-11-16(25-9-7-24(2)8-10-25)12-17-18(13)23-20(22-17)15-5-3-14(4-6-15)19(21)26/h3-6,11-12H,7-10H2,1-2H3,(H2,21,26)(H,22,23). The molecule has 134 valence electrons. The van der Waals surface area contributed by atoms with Gasteiger partial charge in [0.15, 0.2) is 0 Å². The Balaban J connectivity index is 1.68. The van der Waals surface area contributed by atoms with E-state index >= 15 is 0 Å². The maximum absolute atomic E-state index is 11.2. The van der Waals surface area contributed by atoms with E-state index in [1.54, 1.807) is 12.1 Å². The monoisotopic (exact) mass is 349 g/mol. The second kappa shape index (κ2) is 6.46. The number of aromatic nitrogens is 2. The fraction of sp³-hybridized carbons (Fsp3) is 0.300. The lowest BCUT2D eigenvalue weighted by Gasteiger charge is -2.34. The minimum Gasteiger partial charge on any atom is -0.369 e. The second-order valence-electron chi connectivity index (χ2n) is 6.98. The molecule has 0 aliphatic carbocycles. The number of likely N-dealkylation sites (N-methyl/N-ethyl adjacent to an activating group) is 1. The number of fused-ring (bicyclic) bond motifs is 1. The van der Waals surface area contributed by atoms with Crippen molar-refractivity contribution in [1.82, 2.24) is 14.9 Å². The van der Waals surface area contributed by atoms with Gasteiger partial charge in [-0.25, -0.2) is 4.98 Å². The summed E-state index contributed by atoms with van der Waals surface area (Å²) in [6, 6.07) is 11.6. The number of nitrogens with one attached hydrogen (secondary N) is 1. The van der Waals surface area contributed by atoms with E-state index in [0.29, 0.717) is 5.56 Å². The minimum atomic E-state index is -0.422. The van der Waals surface area contributed by atoms with Gasteiger partial charge in [-0.1, -0.05) is 12.1 Å². The molecule has 1 amide bonds. The van der Waals surface area contributed by atoms with E-state index in [2.05, 4.69) is 40.9 Å². The fourth-order valence-electron chi connectivity index (χ4n) is 3.45. The van der Waals surface area contributed by atoms with Gasteiger partial charge in [0, 0.05) is 43.0 Å². The number of imidazole rings is 1. The summed E-state index contributed by atoms with van der Waals surface area (Å²) in [5.74, 6) is 0.378. The highest BCUT2D eigenvalue weighted by molar-refractivity contribution is 5.93. The van der Waals surface area contributed by atoms with E-state index < -0.39 is 5.91 Å². The van der Waals surface area contributed by atoms with Crippen LogP contribution in [-0.4, -0.2) is 54.0 Å². The van der Waals surface area contributed by atoms with Crippen LogP contribution in [0.3, 0.4) is 0 Å². The lowest BCUT2D eigenvalue weighted by Crippen LogP contribution is -2.44. The number of carbonyl (C=O) groups excluding carboxylic acids is 1. The fourth-order valence-corrected chi connectivity index (χ4v) is 3.45. The molecule has 1 fully saturated rings. The molecule has 0 spiro atoms. The molecule has 6 nitrogen and oxygen atoms in total. The highest BCUT2D eigenvalue weighted by Gasteiger charge is 2.17. The zero-order valence-electron chi connectivity index (χ0n) is 15.1. The molecule has 0 atom stereocenters. The van der Waals surface area contributed by atoms with E-state index in [-0.39, 0.29) is 0 Å². The van der Waals surface area contributed by atoms with Gasteiger partial charge in [0.25, 0.3) is 0 Å². The summed E-state index contributed by atoms with van der Waals surface area (Å²) in [5, 5.41) is 0. The Morgan fingerprint density at radius 1 is 1.12 bits per heavy atom. The summed E-state index contributed by atoms with van der Waals surface area (Å²) in [4.78, 5) is 24.2. The molecule has 0 saturated carbocycles. The van der Waals surface area contributed by atoms with Crippen LogP contribution < -0.4 is 10.6 Å². The largest absolute Gasteiger partial charge is 0.369 e. The van der Waals surface area contributed by atoms with Crippen LogP contribution in [0.15, 0.2) is 36.4 Å². The molecule has 3 aromatic rings. The van der Waals surface area contributed by atoms with Crippen molar-refractivity contribution in [3.05, 3.63) is 47.5 Å². The molecule has 1 aliphatic heterocycles. The molecule has 26 heavy (non-hydrogen) atoms. The Bertz CT molecular complexity index is 952. The number of amides is 1. The first kappa shape index (κ1) is 16.6. The van der Waals surface area contributed by atoms with Crippen LogP contribution in [0.25, 0.3) is 22.4 Å². The van der Waals surface area contributed by atoms with E-state index in [1.807, 2.05) is 12.1 Å². The Kier molecular flexibility index (Phi) is 4.12. The third-order valence-corrected chi connectivity index (χ3v) is 5.07. The molecule has 4 rings (SSSR count). The molecule has 0 radical (unpaired) electrons.